The highest BCUT2D eigenvalue weighted by molar-refractivity contribution is 5.93. The zero-order valence-corrected chi connectivity index (χ0v) is 14.8. The van der Waals surface area contributed by atoms with E-state index in [0.29, 0.717) is 37.1 Å². The molecule has 0 atom stereocenters. The van der Waals surface area contributed by atoms with Crippen LogP contribution in [0.5, 0.6) is 5.75 Å². The number of aryl methyl sites for hydroxylation is 1. The van der Waals surface area contributed by atoms with Gasteiger partial charge in [-0.1, -0.05) is 12.1 Å². The third kappa shape index (κ3) is 5.72. The number of methoxy groups -OCH3 is 1. The largest absolute Gasteiger partial charge is 0.492 e. The normalized spacial score (nSPS) is 10.4. The highest BCUT2D eigenvalue weighted by atomic mass is 16.5. The number of benzene rings is 1. The quantitative estimate of drug-likeness (QED) is 0.680. The number of carbonyl (C=O) groups is 1. The molecule has 0 aliphatic heterocycles. The van der Waals surface area contributed by atoms with Crippen molar-refractivity contribution in [2.75, 3.05) is 32.2 Å². The molecule has 1 aromatic heterocycles. The third-order valence-corrected chi connectivity index (χ3v) is 3.33. The van der Waals surface area contributed by atoms with Gasteiger partial charge in [-0.2, -0.15) is 0 Å². The Hall–Kier alpha value is -2.67. The Morgan fingerprint density at radius 2 is 2.04 bits per heavy atom. The summed E-state index contributed by atoms with van der Waals surface area (Å²) in [6.45, 7) is 5.38. The minimum absolute atomic E-state index is 0.234. The fourth-order valence-electron chi connectivity index (χ4n) is 2.25. The van der Waals surface area contributed by atoms with Crippen molar-refractivity contribution in [3.05, 3.63) is 41.9 Å². The standard InChI is InChI=1S/C18H24N4O3/c1-4-25-16-9-6-5-8-14(16)22-17-12-15(20-13(2)21-17)18(23)19-10-7-11-24-3/h5-6,8-9,12H,4,7,10-11H2,1-3H3,(H,19,23)(H,20,21,22). The summed E-state index contributed by atoms with van der Waals surface area (Å²) in [5.41, 5.74) is 1.11. The minimum atomic E-state index is -0.234. The smallest absolute Gasteiger partial charge is 0.270 e. The Morgan fingerprint density at radius 3 is 2.80 bits per heavy atom. The molecule has 2 N–H and O–H groups in total. The van der Waals surface area contributed by atoms with E-state index >= 15 is 0 Å². The number of carbonyl (C=O) groups excluding carboxylic acids is 1. The zero-order valence-electron chi connectivity index (χ0n) is 14.8. The topological polar surface area (TPSA) is 85.4 Å². The second-order valence-electron chi connectivity index (χ2n) is 5.34. The summed E-state index contributed by atoms with van der Waals surface area (Å²) in [4.78, 5) is 20.8. The lowest BCUT2D eigenvalue weighted by molar-refractivity contribution is 0.0943. The molecule has 0 fully saturated rings. The Kier molecular flexibility index (Phi) is 7.16. The molecular formula is C18H24N4O3. The molecule has 0 bridgehead atoms. The molecule has 134 valence electrons. The van der Waals surface area contributed by atoms with Crippen LogP contribution in [0.3, 0.4) is 0 Å². The number of aromatic nitrogens is 2. The number of para-hydroxylation sites is 2. The molecule has 0 aliphatic carbocycles. The maximum absolute atomic E-state index is 12.2. The molecule has 1 heterocycles. The summed E-state index contributed by atoms with van der Waals surface area (Å²) in [7, 11) is 1.63. The summed E-state index contributed by atoms with van der Waals surface area (Å²) in [5.74, 6) is 1.55. The number of anilines is 2. The molecule has 1 aromatic carbocycles. The average molecular weight is 344 g/mol. The highest BCUT2D eigenvalue weighted by Crippen LogP contribution is 2.26. The van der Waals surface area contributed by atoms with Crippen LogP contribution in [0.4, 0.5) is 11.5 Å². The maximum Gasteiger partial charge on any atom is 0.270 e. The van der Waals surface area contributed by atoms with Crippen LogP contribution in [0.25, 0.3) is 0 Å². The number of hydrogen-bond donors (Lipinski definition) is 2. The van der Waals surface area contributed by atoms with Crippen LogP contribution in [-0.2, 0) is 4.74 Å². The van der Waals surface area contributed by atoms with E-state index in [1.54, 1.807) is 20.1 Å². The molecule has 0 unspecified atom stereocenters. The van der Waals surface area contributed by atoms with E-state index in [2.05, 4.69) is 20.6 Å². The van der Waals surface area contributed by atoms with Gasteiger partial charge >= 0.3 is 0 Å². The van der Waals surface area contributed by atoms with Gasteiger partial charge in [0.2, 0.25) is 0 Å². The zero-order chi connectivity index (χ0) is 18.1. The highest BCUT2D eigenvalue weighted by Gasteiger charge is 2.11. The molecule has 7 heteroatoms. The van der Waals surface area contributed by atoms with Crippen molar-refractivity contribution in [1.82, 2.24) is 15.3 Å². The maximum atomic E-state index is 12.2. The van der Waals surface area contributed by atoms with Gasteiger partial charge < -0.3 is 20.1 Å². The summed E-state index contributed by atoms with van der Waals surface area (Å²) in [5, 5.41) is 6.02. The second kappa shape index (κ2) is 9.58. The SMILES string of the molecule is CCOc1ccccc1Nc1cc(C(=O)NCCCOC)nc(C)n1. The molecule has 0 spiro atoms. The van der Waals surface area contributed by atoms with Crippen molar-refractivity contribution < 1.29 is 14.3 Å². The van der Waals surface area contributed by atoms with Gasteiger partial charge in [-0.3, -0.25) is 4.79 Å². The van der Waals surface area contributed by atoms with Crippen LogP contribution in [0.15, 0.2) is 30.3 Å². The molecule has 0 saturated carbocycles. The first kappa shape index (κ1) is 18.7. The van der Waals surface area contributed by atoms with Crippen LogP contribution >= 0.6 is 0 Å². The average Bonchev–Trinajstić information content (AvgIpc) is 2.60. The monoisotopic (exact) mass is 344 g/mol. The van der Waals surface area contributed by atoms with E-state index in [1.165, 1.54) is 0 Å². The van der Waals surface area contributed by atoms with Gasteiger partial charge in [0.15, 0.2) is 0 Å². The van der Waals surface area contributed by atoms with Gasteiger partial charge in [-0.25, -0.2) is 9.97 Å². The van der Waals surface area contributed by atoms with Gasteiger partial charge in [0.1, 0.15) is 23.1 Å². The van der Waals surface area contributed by atoms with E-state index in [9.17, 15) is 4.79 Å². The Morgan fingerprint density at radius 1 is 1.24 bits per heavy atom. The minimum Gasteiger partial charge on any atom is -0.492 e. The molecule has 1 amide bonds. The predicted molar refractivity (Wildman–Crippen MR) is 96.5 cm³/mol. The number of nitrogens with one attached hydrogen (secondary N) is 2. The molecule has 25 heavy (non-hydrogen) atoms. The van der Waals surface area contributed by atoms with Crippen molar-refractivity contribution in [2.45, 2.75) is 20.3 Å². The fraction of sp³-hybridized carbons (Fsp3) is 0.389. The lowest BCUT2D eigenvalue weighted by Gasteiger charge is -2.12. The van der Waals surface area contributed by atoms with Crippen LogP contribution in [0.2, 0.25) is 0 Å². The molecule has 0 aliphatic rings. The van der Waals surface area contributed by atoms with E-state index in [4.69, 9.17) is 9.47 Å². The number of ether oxygens (including phenoxy) is 2. The van der Waals surface area contributed by atoms with Gasteiger partial charge in [0.25, 0.3) is 5.91 Å². The lowest BCUT2D eigenvalue weighted by Crippen LogP contribution is -2.26. The number of nitrogens with zero attached hydrogens (tertiary/aromatic N) is 2. The van der Waals surface area contributed by atoms with Crippen molar-refractivity contribution in [3.63, 3.8) is 0 Å². The van der Waals surface area contributed by atoms with Crippen LogP contribution in [0, 0.1) is 6.92 Å². The molecule has 0 saturated heterocycles. The van der Waals surface area contributed by atoms with Gasteiger partial charge in [-0.05, 0) is 32.4 Å². The first-order valence-electron chi connectivity index (χ1n) is 8.25. The van der Waals surface area contributed by atoms with Crippen LogP contribution < -0.4 is 15.4 Å². The van der Waals surface area contributed by atoms with Crippen molar-refractivity contribution in [3.8, 4) is 5.75 Å². The number of amides is 1. The molecule has 2 aromatic rings. The Labute approximate surface area is 147 Å². The van der Waals surface area contributed by atoms with Crippen molar-refractivity contribution in [1.29, 1.82) is 0 Å². The van der Waals surface area contributed by atoms with E-state index in [1.807, 2.05) is 31.2 Å². The van der Waals surface area contributed by atoms with Crippen LogP contribution in [-0.4, -0.2) is 42.7 Å². The van der Waals surface area contributed by atoms with Crippen molar-refractivity contribution >= 4 is 17.4 Å². The molecular weight excluding hydrogens is 320 g/mol. The lowest BCUT2D eigenvalue weighted by atomic mass is 10.2. The number of rotatable bonds is 9. The Bertz CT molecular complexity index is 706. The fourth-order valence-corrected chi connectivity index (χ4v) is 2.25. The molecule has 7 nitrogen and oxygen atoms in total. The third-order valence-electron chi connectivity index (χ3n) is 3.33. The van der Waals surface area contributed by atoms with Crippen molar-refractivity contribution in [2.24, 2.45) is 0 Å². The predicted octanol–water partition coefficient (Wildman–Crippen LogP) is 2.69. The number of hydrogen-bond acceptors (Lipinski definition) is 6. The second-order valence-corrected chi connectivity index (χ2v) is 5.34. The van der Waals surface area contributed by atoms with E-state index in [0.717, 1.165) is 17.9 Å². The van der Waals surface area contributed by atoms with Gasteiger partial charge in [0.05, 0.1) is 12.3 Å². The molecule has 0 radical (unpaired) electrons. The van der Waals surface area contributed by atoms with E-state index < -0.39 is 0 Å². The van der Waals surface area contributed by atoms with Gasteiger partial charge in [-0.15, -0.1) is 0 Å². The first-order valence-corrected chi connectivity index (χ1v) is 8.25. The van der Waals surface area contributed by atoms with E-state index in [-0.39, 0.29) is 5.91 Å². The molecule has 2 rings (SSSR count). The summed E-state index contributed by atoms with van der Waals surface area (Å²) >= 11 is 0. The summed E-state index contributed by atoms with van der Waals surface area (Å²) < 4.78 is 10.6. The first-order chi connectivity index (χ1) is 12.1. The van der Waals surface area contributed by atoms with Gasteiger partial charge in [0, 0.05) is 26.3 Å². The summed E-state index contributed by atoms with van der Waals surface area (Å²) in [6.07, 6.45) is 0.749. The summed E-state index contributed by atoms with van der Waals surface area (Å²) in [6, 6.07) is 9.21. The Balaban J connectivity index is 2.12. The van der Waals surface area contributed by atoms with Crippen LogP contribution in [0.1, 0.15) is 29.7 Å².